The van der Waals surface area contributed by atoms with Crippen LogP contribution >= 0.6 is 0 Å². The van der Waals surface area contributed by atoms with Gasteiger partial charge < -0.3 is 0 Å². The van der Waals surface area contributed by atoms with E-state index >= 15 is 0 Å². The molecular formula is C15H20O. The third-order valence-electron chi connectivity index (χ3n) is 2.90. The summed E-state index contributed by atoms with van der Waals surface area (Å²) in [5.74, 6) is 0.552. The van der Waals surface area contributed by atoms with Crippen molar-refractivity contribution in [2.75, 3.05) is 0 Å². The van der Waals surface area contributed by atoms with Crippen molar-refractivity contribution >= 4 is 6.29 Å². The summed E-state index contributed by atoms with van der Waals surface area (Å²) < 4.78 is 0. The summed E-state index contributed by atoms with van der Waals surface area (Å²) in [6.07, 6.45) is 4.99. The first-order valence-corrected chi connectivity index (χ1v) is 5.82. The molecule has 1 atom stereocenters. The van der Waals surface area contributed by atoms with E-state index in [1.165, 1.54) is 11.1 Å². The number of hydrogen-bond acceptors (Lipinski definition) is 1. The second-order valence-corrected chi connectivity index (χ2v) is 4.46. The number of allylic oxidation sites excluding steroid dienone is 2. The summed E-state index contributed by atoms with van der Waals surface area (Å²) >= 11 is 0. The van der Waals surface area contributed by atoms with Crippen LogP contribution in [-0.4, -0.2) is 6.29 Å². The maximum atomic E-state index is 10.4. The maximum Gasteiger partial charge on any atom is 0.145 e. The van der Waals surface area contributed by atoms with Gasteiger partial charge in [-0.05, 0) is 43.7 Å². The maximum absolute atomic E-state index is 10.4. The quantitative estimate of drug-likeness (QED) is 0.536. The van der Waals surface area contributed by atoms with E-state index in [1.807, 2.05) is 13.0 Å². The van der Waals surface area contributed by atoms with Crippen molar-refractivity contribution in [2.45, 2.75) is 39.5 Å². The smallest absolute Gasteiger partial charge is 0.145 e. The standard InChI is InChI=1S/C15H20O/c1-12-7-9-15(10-8-12)14(3)6-4-5-13(2)11-16/h5,7-11,14H,4,6H2,1-3H3. The van der Waals surface area contributed by atoms with E-state index in [4.69, 9.17) is 0 Å². The molecule has 0 aliphatic carbocycles. The molecular weight excluding hydrogens is 196 g/mol. The van der Waals surface area contributed by atoms with E-state index in [0.29, 0.717) is 5.92 Å². The summed E-state index contributed by atoms with van der Waals surface area (Å²) in [7, 11) is 0. The fourth-order valence-corrected chi connectivity index (χ4v) is 1.67. The van der Waals surface area contributed by atoms with Gasteiger partial charge in [-0.25, -0.2) is 0 Å². The van der Waals surface area contributed by atoms with E-state index in [0.717, 1.165) is 24.7 Å². The van der Waals surface area contributed by atoms with Gasteiger partial charge in [0.05, 0.1) is 0 Å². The Morgan fingerprint density at radius 2 is 1.94 bits per heavy atom. The van der Waals surface area contributed by atoms with Gasteiger partial charge in [-0.3, -0.25) is 4.79 Å². The second-order valence-electron chi connectivity index (χ2n) is 4.46. The van der Waals surface area contributed by atoms with Crippen LogP contribution in [0.2, 0.25) is 0 Å². The molecule has 1 nitrogen and oxygen atoms in total. The summed E-state index contributed by atoms with van der Waals surface area (Å²) in [4.78, 5) is 10.4. The largest absolute Gasteiger partial charge is 0.298 e. The Hall–Kier alpha value is -1.37. The molecule has 86 valence electrons. The van der Waals surface area contributed by atoms with E-state index in [-0.39, 0.29) is 0 Å². The van der Waals surface area contributed by atoms with Gasteiger partial charge in [0, 0.05) is 0 Å². The van der Waals surface area contributed by atoms with E-state index < -0.39 is 0 Å². The van der Waals surface area contributed by atoms with Crippen molar-refractivity contribution in [1.82, 2.24) is 0 Å². The average Bonchev–Trinajstić information content (AvgIpc) is 2.29. The number of benzene rings is 1. The number of carbonyl (C=O) groups is 1. The van der Waals surface area contributed by atoms with Gasteiger partial charge >= 0.3 is 0 Å². The molecule has 0 amide bonds. The third-order valence-corrected chi connectivity index (χ3v) is 2.90. The molecule has 0 N–H and O–H groups in total. The van der Waals surface area contributed by atoms with Gasteiger partial charge in [0.25, 0.3) is 0 Å². The SMILES string of the molecule is CC(C=O)=CCCC(C)c1ccc(C)cc1. The molecule has 1 heteroatoms. The molecule has 0 heterocycles. The van der Waals surface area contributed by atoms with Crippen LogP contribution in [0.3, 0.4) is 0 Å². The molecule has 1 unspecified atom stereocenters. The van der Waals surface area contributed by atoms with E-state index in [1.54, 1.807) is 0 Å². The molecule has 1 aromatic carbocycles. The number of aryl methyl sites for hydroxylation is 1. The predicted molar refractivity (Wildman–Crippen MR) is 68.6 cm³/mol. The predicted octanol–water partition coefficient (Wildman–Crippen LogP) is 4.02. The van der Waals surface area contributed by atoms with Gasteiger partial charge in [0.2, 0.25) is 0 Å². The van der Waals surface area contributed by atoms with Gasteiger partial charge in [-0.1, -0.05) is 42.8 Å². The normalized spacial score (nSPS) is 13.6. The number of rotatable bonds is 5. The molecule has 1 rings (SSSR count). The van der Waals surface area contributed by atoms with Crippen LogP contribution in [0.25, 0.3) is 0 Å². The highest BCUT2D eigenvalue weighted by molar-refractivity contribution is 5.71. The first kappa shape index (κ1) is 12.7. The van der Waals surface area contributed by atoms with E-state index in [2.05, 4.69) is 38.1 Å². The zero-order chi connectivity index (χ0) is 12.0. The molecule has 0 aliphatic rings. The second kappa shape index (κ2) is 6.26. The van der Waals surface area contributed by atoms with Crippen molar-refractivity contribution in [3.63, 3.8) is 0 Å². The number of hydrogen-bond donors (Lipinski definition) is 0. The molecule has 0 saturated heterocycles. The van der Waals surface area contributed by atoms with Gasteiger partial charge in [0.1, 0.15) is 6.29 Å². The first-order valence-electron chi connectivity index (χ1n) is 5.82. The van der Waals surface area contributed by atoms with E-state index in [9.17, 15) is 4.79 Å². The van der Waals surface area contributed by atoms with Gasteiger partial charge in [-0.15, -0.1) is 0 Å². The van der Waals surface area contributed by atoms with Crippen LogP contribution in [0.15, 0.2) is 35.9 Å². The Morgan fingerprint density at radius 1 is 1.31 bits per heavy atom. The minimum atomic E-state index is 0.552. The summed E-state index contributed by atoms with van der Waals surface area (Å²) in [5, 5.41) is 0. The number of aldehydes is 1. The molecule has 0 bridgehead atoms. The Morgan fingerprint density at radius 3 is 2.50 bits per heavy atom. The Labute approximate surface area is 98.2 Å². The minimum absolute atomic E-state index is 0.552. The van der Waals surface area contributed by atoms with Gasteiger partial charge in [-0.2, -0.15) is 0 Å². The zero-order valence-corrected chi connectivity index (χ0v) is 10.4. The van der Waals surface area contributed by atoms with Crippen LogP contribution in [0.1, 0.15) is 43.7 Å². The Balaban J connectivity index is 2.49. The Kier molecular flexibility index (Phi) is 4.97. The zero-order valence-electron chi connectivity index (χ0n) is 10.4. The lowest BCUT2D eigenvalue weighted by Gasteiger charge is -2.10. The lowest BCUT2D eigenvalue weighted by atomic mass is 9.95. The minimum Gasteiger partial charge on any atom is -0.298 e. The summed E-state index contributed by atoms with van der Waals surface area (Å²) in [6.45, 7) is 6.18. The average molecular weight is 216 g/mol. The first-order chi connectivity index (χ1) is 7.63. The number of carbonyl (C=O) groups excluding carboxylic acids is 1. The fraction of sp³-hybridized carbons (Fsp3) is 0.400. The van der Waals surface area contributed by atoms with Crippen LogP contribution in [0.5, 0.6) is 0 Å². The molecule has 1 aromatic rings. The lowest BCUT2D eigenvalue weighted by Crippen LogP contribution is -1.93. The molecule has 0 saturated carbocycles. The monoisotopic (exact) mass is 216 g/mol. The molecule has 0 aliphatic heterocycles. The van der Waals surface area contributed by atoms with Crippen molar-refractivity contribution in [1.29, 1.82) is 0 Å². The topological polar surface area (TPSA) is 17.1 Å². The highest BCUT2D eigenvalue weighted by Crippen LogP contribution is 2.21. The molecule has 0 spiro atoms. The molecule has 0 radical (unpaired) electrons. The van der Waals surface area contributed by atoms with Crippen LogP contribution in [-0.2, 0) is 4.79 Å². The van der Waals surface area contributed by atoms with Crippen LogP contribution < -0.4 is 0 Å². The van der Waals surface area contributed by atoms with Crippen molar-refractivity contribution in [2.24, 2.45) is 0 Å². The van der Waals surface area contributed by atoms with Crippen LogP contribution in [0, 0.1) is 6.92 Å². The molecule has 16 heavy (non-hydrogen) atoms. The lowest BCUT2D eigenvalue weighted by molar-refractivity contribution is -0.104. The van der Waals surface area contributed by atoms with Gasteiger partial charge in [0.15, 0.2) is 0 Å². The summed E-state index contributed by atoms with van der Waals surface area (Å²) in [6, 6.07) is 8.68. The van der Waals surface area contributed by atoms with Crippen molar-refractivity contribution in [3.05, 3.63) is 47.0 Å². The van der Waals surface area contributed by atoms with Crippen molar-refractivity contribution in [3.8, 4) is 0 Å². The molecule has 0 aromatic heterocycles. The van der Waals surface area contributed by atoms with Crippen molar-refractivity contribution < 1.29 is 4.79 Å². The highest BCUT2D eigenvalue weighted by Gasteiger charge is 2.03. The summed E-state index contributed by atoms with van der Waals surface area (Å²) in [5.41, 5.74) is 3.51. The fourth-order valence-electron chi connectivity index (χ4n) is 1.67. The third kappa shape index (κ3) is 4.01. The van der Waals surface area contributed by atoms with Crippen LogP contribution in [0.4, 0.5) is 0 Å². The highest BCUT2D eigenvalue weighted by atomic mass is 16.1. The molecule has 0 fully saturated rings. The Bertz CT molecular complexity index is 360.